The van der Waals surface area contributed by atoms with Gasteiger partial charge in [-0.15, -0.1) is 0 Å². The van der Waals surface area contributed by atoms with Crippen LogP contribution in [0.2, 0.25) is 5.02 Å². The fraction of sp³-hybridized carbons (Fsp3) is 0.167. The number of nitrogens with zero attached hydrogens (tertiary/aromatic N) is 2. The largest absolute Gasteiger partial charge is 0.296 e. The van der Waals surface area contributed by atoms with Crippen LogP contribution in [0.3, 0.4) is 0 Å². The van der Waals surface area contributed by atoms with Crippen LogP contribution >= 0.6 is 11.6 Å². The molecule has 0 atom stereocenters. The number of aryl methyl sites for hydroxylation is 1. The average Bonchev–Trinajstić information content (AvgIpc) is 1.99. The maximum atomic E-state index is 10.9. The number of rotatable bonds is 1. The average molecular weight is 173 g/mol. The maximum absolute atomic E-state index is 10.9. The van der Waals surface area contributed by atoms with E-state index in [-0.39, 0.29) is 10.7 Å². The Hall–Kier alpha value is -1.16. The van der Waals surface area contributed by atoms with Gasteiger partial charge in [0.25, 0.3) is 5.56 Å². The summed E-state index contributed by atoms with van der Waals surface area (Å²) in [6, 6.07) is 1.23. The molecule has 1 aromatic rings. The zero-order valence-corrected chi connectivity index (χ0v) is 6.50. The Kier molecular flexibility index (Phi) is 2.05. The first kappa shape index (κ1) is 7.94. The molecular formula is C6H5ClN2O2. The molecule has 4 nitrogen and oxygen atoms in total. The highest BCUT2D eigenvalue weighted by atomic mass is 35.5. The Balaban J connectivity index is 3.43. The van der Waals surface area contributed by atoms with Crippen LogP contribution in [-0.4, -0.2) is 16.1 Å². The van der Waals surface area contributed by atoms with E-state index in [1.807, 2.05) is 0 Å². The predicted octanol–water partition coefficient (Wildman–Crippen LogP) is 0.246. The highest BCUT2D eigenvalue weighted by Crippen LogP contribution is 1.99. The Labute approximate surface area is 67.4 Å². The van der Waals surface area contributed by atoms with Crippen molar-refractivity contribution in [1.29, 1.82) is 0 Å². The Morgan fingerprint density at radius 2 is 2.36 bits per heavy atom. The molecule has 0 aliphatic heterocycles. The minimum absolute atomic E-state index is 0.00426. The number of carbonyl (C=O) groups excluding carboxylic acids is 1. The highest BCUT2D eigenvalue weighted by Gasteiger charge is 2.01. The number of carbonyl (C=O) groups is 1. The molecule has 0 saturated carbocycles. The lowest BCUT2D eigenvalue weighted by Crippen LogP contribution is -2.20. The van der Waals surface area contributed by atoms with Crippen LogP contribution in [0.15, 0.2) is 10.9 Å². The standard InChI is InChI=1S/C6H5ClN2O2/c1-9-6(11)5(7)2-4(3-10)8-9/h2-3H,1H3. The van der Waals surface area contributed by atoms with Crippen molar-refractivity contribution in [3.8, 4) is 0 Å². The van der Waals surface area contributed by atoms with Crippen LogP contribution in [0.5, 0.6) is 0 Å². The van der Waals surface area contributed by atoms with Crippen molar-refractivity contribution in [1.82, 2.24) is 9.78 Å². The Bertz CT molecular complexity index is 319. The number of aromatic nitrogens is 2. The summed E-state index contributed by atoms with van der Waals surface area (Å²) in [5, 5.41) is 3.61. The summed E-state index contributed by atoms with van der Waals surface area (Å²) in [4.78, 5) is 21.1. The van der Waals surface area contributed by atoms with Crippen molar-refractivity contribution in [2.45, 2.75) is 0 Å². The van der Waals surface area contributed by atoms with Crippen molar-refractivity contribution in [3.05, 3.63) is 27.1 Å². The Morgan fingerprint density at radius 3 is 2.82 bits per heavy atom. The van der Waals surface area contributed by atoms with Gasteiger partial charge in [-0.05, 0) is 6.07 Å². The molecule has 0 unspecified atom stereocenters. The van der Waals surface area contributed by atoms with Crippen molar-refractivity contribution < 1.29 is 4.79 Å². The second kappa shape index (κ2) is 2.84. The van der Waals surface area contributed by atoms with E-state index < -0.39 is 5.56 Å². The number of halogens is 1. The van der Waals surface area contributed by atoms with E-state index in [0.29, 0.717) is 6.29 Å². The molecule has 1 heterocycles. The molecule has 0 aromatic carbocycles. The van der Waals surface area contributed by atoms with E-state index in [1.54, 1.807) is 0 Å². The van der Waals surface area contributed by atoms with Crippen LogP contribution in [0.4, 0.5) is 0 Å². The van der Waals surface area contributed by atoms with Gasteiger partial charge in [0, 0.05) is 7.05 Å². The summed E-state index contributed by atoms with van der Waals surface area (Å²) < 4.78 is 1.02. The number of hydrogen-bond donors (Lipinski definition) is 0. The van der Waals surface area contributed by atoms with Crippen molar-refractivity contribution in [3.63, 3.8) is 0 Å². The summed E-state index contributed by atoms with van der Waals surface area (Å²) in [6.45, 7) is 0. The van der Waals surface area contributed by atoms with Crippen molar-refractivity contribution in [2.75, 3.05) is 0 Å². The van der Waals surface area contributed by atoms with Crippen LogP contribution in [0.1, 0.15) is 10.5 Å². The third kappa shape index (κ3) is 1.46. The maximum Gasteiger partial charge on any atom is 0.285 e. The molecule has 58 valence electrons. The van der Waals surface area contributed by atoms with Gasteiger partial charge in [-0.3, -0.25) is 9.59 Å². The van der Waals surface area contributed by atoms with Crippen LogP contribution < -0.4 is 5.56 Å². The molecule has 11 heavy (non-hydrogen) atoms. The number of hydrogen-bond acceptors (Lipinski definition) is 3. The van der Waals surface area contributed by atoms with Crippen molar-refractivity contribution >= 4 is 17.9 Å². The van der Waals surface area contributed by atoms with E-state index >= 15 is 0 Å². The van der Waals surface area contributed by atoms with Gasteiger partial charge in [0.15, 0.2) is 6.29 Å². The lowest BCUT2D eigenvalue weighted by Gasteiger charge is -1.96. The molecular weight excluding hydrogens is 168 g/mol. The lowest BCUT2D eigenvalue weighted by molar-refractivity contribution is 0.111. The zero-order chi connectivity index (χ0) is 8.43. The predicted molar refractivity (Wildman–Crippen MR) is 39.9 cm³/mol. The van der Waals surface area contributed by atoms with Gasteiger partial charge in [0.2, 0.25) is 0 Å². The van der Waals surface area contributed by atoms with Gasteiger partial charge >= 0.3 is 0 Å². The highest BCUT2D eigenvalue weighted by molar-refractivity contribution is 6.30. The fourth-order valence-corrected chi connectivity index (χ4v) is 0.885. The summed E-state index contributed by atoms with van der Waals surface area (Å²) >= 11 is 5.47. The molecule has 0 fully saturated rings. The van der Waals surface area contributed by atoms with Gasteiger partial charge in [0.1, 0.15) is 10.7 Å². The third-order valence-electron chi connectivity index (χ3n) is 1.16. The summed E-state index contributed by atoms with van der Waals surface area (Å²) in [5.41, 5.74) is -0.255. The monoisotopic (exact) mass is 172 g/mol. The fourth-order valence-electron chi connectivity index (χ4n) is 0.651. The van der Waals surface area contributed by atoms with E-state index in [4.69, 9.17) is 11.6 Å². The van der Waals surface area contributed by atoms with E-state index in [9.17, 15) is 9.59 Å². The van der Waals surface area contributed by atoms with Gasteiger partial charge in [-0.2, -0.15) is 5.10 Å². The van der Waals surface area contributed by atoms with Crippen LogP contribution in [0.25, 0.3) is 0 Å². The first-order valence-corrected chi connectivity index (χ1v) is 3.22. The van der Waals surface area contributed by atoms with Gasteiger partial charge in [-0.1, -0.05) is 11.6 Å². The summed E-state index contributed by atoms with van der Waals surface area (Å²) in [7, 11) is 1.43. The lowest BCUT2D eigenvalue weighted by atomic mass is 10.4. The second-order valence-electron chi connectivity index (χ2n) is 1.96. The summed E-state index contributed by atoms with van der Waals surface area (Å²) in [5.74, 6) is 0. The first-order chi connectivity index (χ1) is 5.15. The molecule has 0 aliphatic carbocycles. The van der Waals surface area contributed by atoms with Crippen LogP contribution in [-0.2, 0) is 7.05 Å². The molecule has 1 rings (SSSR count). The third-order valence-corrected chi connectivity index (χ3v) is 1.43. The molecule has 5 heteroatoms. The first-order valence-electron chi connectivity index (χ1n) is 2.84. The molecule has 1 aromatic heterocycles. The molecule has 0 aliphatic rings. The number of aldehydes is 1. The summed E-state index contributed by atoms with van der Waals surface area (Å²) in [6.07, 6.45) is 0.533. The SMILES string of the molecule is Cn1nc(C=O)cc(Cl)c1=O. The molecule has 0 radical (unpaired) electrons. The van der Waals surface area contributed by atoms with Gasteiger partial charge in [-0.25, -0.2) is 4.68 Å². The van der Waals surface area contributed by atoms with Crippen molar-refractivity contribution in [2.24, 2.45) is 7.05 Å². The van der Waals surface area contributed by atoms with Crippen LogP contribution in [0, 0.1) is 0 Å². The van der Waals surface area contributed by atoms with Gasteiger partial charge < -0.3 is 0 Å². The second-order valence-corrected chi connectivity index (χ2v) is 2.37. The quantitative estimate of drug-likeness (QED) is 0.571. The molecule has 0 bridgehead atoms. The minimum Gasteiger partial charge on any atom is -0.296 e. The van der Waals surface area contributed by atoms with E-state index in [1.165, 1.54) is 13.1 Å². The molecule has 0 amide bonds. The molecule has 0 saturated heterocycles. The minimum atomic E-state index is -0.405. The van der Waals surface area contributed by atoms with E-state index in [0.717, 1.165) is 4.68 Å². The smallest absolute Gasteiger partial charge is 0.285 e. The Morgan fingerprint density at radius 1 is 1.73 bits per heavy atom. The molecule has 0 N–H and O–H groups in total. The molecule has 0 spiro atoms. The topological polar surface area (TPSA) is 52.0 Å². The zero-order valence-electron chi connectivity index (χ0n) is 5.74. The van der Waals surface area contributed by atoms with Gasteiger partial charge in [0.05, 0.1) is 0 Å². The normalized spacial score (nSPS) is 9.64. The van der Waals surface area contributed by atoms with E-state index in [2.05, 4.69) is 5.10 Å².